The quantitative estimate of drug-likeness (QED) is 0.693. The molecule has 3 aromatic rings. The highest BCUT2D eigenvalue weighted by Crippen LogP contribution is 2.20. The van der Waals surface area contributed by atoms with Crippen molar-refractivity contribution in [2.45, 2.75) is 13.1 Å². The lowest BCUT2D eigenvalue weighted by Gasteiger charge is -2.17. The van der Waals surface area contributed by atoms with E-state index in [1.165, 1.54) is 5.56 Å². The van der Waals surface area contributed by atoms with Crippen LogP contribution in [0.5, 0.6) is 0 Å². The lowest BCUT2D eigenvalue weighted by molar-refractivity contribution is 0.315. The van der Waals surface area contributed by atoms with Gasteiger partial charge in [-0.05, 0) is 36.9 Å². The van der Waals surface area contributed by atoms with Crippen LogP contribution in [-0.4, -0.2) is 26.7 Å². The van der Waals surface area contributed by atoms with Gasteiger partial charge in [-0.3, -0.25) is 9.88 Å². The van der Waals surface area contributed by atoms with Gasteiger partial charge in [0.15, 0.2) is 0 Å². The lowest BCUT2D eigenvalue weighted by atomic mass is 10.2. The van der Waals surface area contributed by atoms with E-state index in [4.69, 9.17) is 23.2 Å². The minimum atomic E-state index is 0.551. The van der Waals surface area contributed by atoms with Gasteiger partial charge in [-0.25, -0.2) is 4.68 Å². The number of nitrogens with zero attached hydrogens (tertiary/aromatic N) is 4. The molecule has 0 N–H and O–H groups in total. The van der Waals surface area contributed by atoms with Gasteiger partial charge in [0, 0.05) is 31.7 Å². The Morgan fingerprint density at radius 1 is 1.13 bits per heavy atom. The summed E-state index contributed by atoms with van der Waals surface area (Å²) < 4.78 is 1.84. The Bertz CT molecular complexity index is 770. The molecule has 6 heteroatoms. The van der Waals surface area contributed by atoms with E-state index in [2.05, 4.69) is 39.2 Å². The maximum atomic E-state index is 6.17. The van der Waals surface area contributed by atoms with E-state index >= 15 is 0 Å². The molecule has 23 heavy (non-hydrogen) atoms. The van der Waals surface area contributed by atoms with Crippen molar-refractivity contribution in [2.24, 2.45) is 0 Å². The van der Waals surface area contributed by atoms with Gasteiger partial charge in [0.2, 0.25) is 0 Å². The normalized spacial score (nSPS) is 11.1. The zero-order valence-electron chi connectivity index (χ0n) is 12.7. The first kappa shape index (κ1) is 16.0. The predicted octanol–water partition coefficient (Wildman–Crippen LogP) is 4.21. The van der Waals surface area contributed by atoms with Gasteiger partial charge >= 0.3 is 0 Å². The summed E-state index contributed by atoms with van der Waals surface area (Å²) >= 11 is 12.0. The smallest absolute Gasteiger partial charge is 0.0730 e. The van der Waals surface area contributed by atoms with Crippen LogP contribution in [0.1, 0.15) is 11.3 Å². The first-order chi connectivity index (χ1) is 11.1. The third kappa shape index (κ3) is 4.10. The summed E-state index contributed by atoms with van der Waals surface area (Å²) in [6.07, 6.45) is 5.31. The van der Waals surface area contributed by atoms with Crippen LogP contribution in [0.2, 0.25) is 10.0 Å². The highest BCUT2D eigenvalue weighted by molar-refractivity contribution is 6.34. The van der Waals surface area contributed by atoms with Crippen molar-refractivity contribution in [1.82, 2.24) is 19.7 Å². The second kappa shape index (κ2) is 7.13. The Morgan fingerprint density at radius 3 is 2.57 bits per heavy atom. The van der Waals surface area contributed by atoms with Crippen molar-refractivity contribution >= 4 is 23.2 Å². The molecule has 2 aromatic heterocycles. The van der Waals surface area contributed by atoms with E-state index in [0.29, 0.717) is 16.6 Å². The van der Waals surface area contributed by atoms with E-state index in [9.17, 15) is 0 Å². The molecule has 4 nitrogen and oxygen atoms in total. The molecule has 0 radical (unpaired) electrons. The molecule has 0 saturated heterocycles. The van der Waals surface area contributed by atoms with E-state index in [0.717, 1.165) is 17.9 Å². The molecular formula is C17H16Cl2N4. The first-order valence-corrected chi connectivity index (χ1v) is 7.95. The minimum absolute atomic E-state index is 0.551. The van der Waals surface area contributed by atoms with Crippen LogP contribution in [0, 0.1) is 0 Å². The molecule has 0 aliphatic rings. The number of hydrogen-bond donors (Lipinski definition) is 0. The molecule has 0 aliphatic carbocycles. The lowest BCUT2D eigenvalue weighted by Crippen LogP contribution is -2.18. The third-order valence-electron chi connectivity index (χ3n) is 3.46. The summed E-state index contributed by atoms with van der Waals surface area (Å²) in [6, 6.07) is 11.9. The minimum Gasteiger partial charge on any atom is -0.296 e. The van der Waals surface area contributed by atoms with Gasteiger partial charge in [0.05, 0.1) is 21.4 Å². The van der Waals surface area contributed by atoms with Crippen molar-refractivity contribution in [3.05, 3.63) is 76.3 Å². The Balaban J connectivity index is 1.64. The van der Waals surface area contributed by atoms with Gasteiger partial charge in [0.1, 0.15) is 0 Å². The Morgan fingerprint density at radius 2 is 1.91 bits per heavy atom. The fraction of sp³-hybridized carbons (Fsp3) is 0.176. The van der Waals surface area contributed by atoms with Crippen LogP contribution in [0.25, 0.3) is 5.69 Å². The number of aromatic nitrogens is 3. The zero-order valence-corrected chi connectivity index (χ0v) is 14.2. The molecule has 1 aromatic carbocycles. The number of hydrogen-bond acceptors (Lipinski definition) is 3. The summed E-state index contributed by atoms with van der Waals surface area (Å²) in [5.74, 6) is 0. The maximum absolute atomic E-state index is 6.17. The van der Waals surface area contributed by atoms with Crippen LogP contribution in [0.3, 0.4) is 0 Å². The molecule has 0 spiro atoms. The van der Waals surface area contributed by atoms with Gasteiger partial charge in [-0.2, -0.15) is 5.10 Å². The molecule has 2 heterocycles. The number of rotatable bonds is 5. The zero-order chi connectivity index (χ0) is 16.2. The van der Waals surface area contributed by atoms with Crippen molar-refractivity contribution in [1.29, 1.82) is 0 Å². The monoisotopic (exact) mass is 346 g/mol. The Labute approximate surface area is 145 Å². The molecule has 0 atom stereocenters. The molecule has 0 unspecified atom stereocenters. The van der Waals surface area contributed by atoms with E-state index < -0.39 is 0 Å². The Kier molecular flexibility index (Phi) is 4.96. The predicted molar refractivity (Wildman–Crippen MR) is 93.0 cm³/mol. The first-order valence-electron chi connectivity index (χ1n) is 7.19. The average molecular weight is 347 g/mol. The second-order valence-corrected chi connectivity index (χ2v) is 6.22. The fourth-order valence-electron chi connectivity index (χ4n) is 2.36. The van der Waals surface area contributed by atoms with Gasteiger partial charge in [-0.15, -0.1) is 0 Å². The number of benzene rings is 1. The van der Waals surface area contributed by atoms with Crippen molar-refractivity contribution in [2.75, 3.05) is 7.05 Å². The highest BCUT2D eigenvalue weighted by Gasteiger charge is 2.08. The highest BCUT2D eigenvalue weighted by atomic mass is 35.5. The number of halogens is 2. The SMILES string of the molecule is CN(Cc1ccc(-n2cccn2)cc1)Cc1ncc(Cl)cc1Cl. The van der Waals surface area contributed by atoms with E-state index in [-0.39, 0.29) is 0 Å². The summed E-state index contributed by atoms with van der Waals surface area (Å²) in [7, 11) is 2.04. The molecule has 0 aliphatic heterocycles. The van der Waals surface area contributed by atoms with Crippen LogP contribution in [0.15, 0.2) is 55.0 Å². The second-order valence-electron chi connectivity index (χ2n) is 5.37. The molecule has 0 fully saturated rings. The largest absolute Gasteiger partial charge is 0.296 e. The standard InChI is InChI=1S/C17H16Cl2N4/c1-22(12-17-16(19)9-14(18)10-20-17)11-13-3-5-15(6-4-13)23-8-2-7-21-23/h2-10H,11-12H2,1H3. The summed E-state index contributed by atoms with van der Waals surface area (Å²) in [6.45, 7) is 1.47. The molecule has 3 rings (SSSR count). The molecule has 0 amide bonds. The molecular weight excluding hydrogens is 331 g/mol. The topological polar surface area (TPSA) is 34.0 Å². The third-order valence-corrected chi connectivity index (χ3v) is 4.00. The summed E-state index contributed by atoms with van der Waals surface area (Å²) in [4.78, 5) is 6.45. The van der Waals surface area contributed by atoms with Gasteiger partial charge in [-0.1, -0.05) is 35.3 Å². The Hall–Kier alpha value is -1.88. The van der Waals surface area contributed by atoms with Crippen LogP contribution in [0.4, 0.5) is 0 Å². The molecule has 0 saturated carbocycles. The van der Waals surface area contributed by atoms with Crippen LogP contribution < -0.4 is 0 Å². The van der Waals surface area contributed by atoms with E-state index in [1.54, 1.807) is 18.5 Å². The molecule has 0 bridgehead atoms. The summed E-state index contributed by atoms with van der Waals surface area (Å²) in [5.41, 5.74) is 3.09. The summed E-state index contributed by atoms with van der Waals surface area (Å²) in [5, 5.41) is 5.37. The van der Waals surface area contributed by atoms with Crippen molar-refractivity contribution in [3.8, 4) is 5.69 Å². The van der Waals surface area contributed by atoms with Crippen LogP contribution >= 0.6 is 23.2 Å². The van der Waals surface area contributed by atoms with Crippen molar-refractivity contribution < 1.29 is 0 Å². The molecule has 118 valence electrons. The number of pyridine rings is 1. The van der Waals surface area contributed by atoms with E-state index in [1.807, 2.05) is 24.0 Å². The van der Waals surface area contributed by atoms with Gasteiger partial charge < -0.3 is 0 Å². The maximum Gasteiger partial charge on any atom is 0.0730 e. The van der Waals surface area contributed by atoms with Crippen molar-refractivity contribution in [3.63, 3.8) is 0 Å². The average Bonchev–Trinajstić information content (AvgIpc) is 3.05. The fourth-order valence-corrected chi connectivity index (χ4v) is 2.80. The van der Waals surface area contributed by atoms with Crippen LogP contribution in [-0.2, 0) is 13.1 Å². The van der Waals surface area contributed by atoms with Gasteiger partial charge in [0.25, 0.3) is 0 Å².